The van der Waals surface area contributed by atoms with Crippen LogP contribution in [0.25, 0.3) is 0 Å². The number of amides is 1. The molecule has 0 aliphatic rings. The average molecular weight is 443 g/mol. The molecule has 4 aromatic rings. The number of carbonyl (C=O) groups excluding carboxylic acids is 1. The zero-order valence-electron chi connectivity index (χ0n) is 18.7. The van der Waals surface area contributed by atoms with Crippen LogP contribution in [0.1, 0.15) is 34.1 Å². The topological polar surface area (TPSA) is 78.3 Å². The number of aromatic nitrogens is 3. The Kier molecular flexibility index (Phi) is 6.99. The number of carbonyl (C=O) groups is 1. The molecule has 0 atom stereocenters. The molecule has 2 heterocycles. The minimum atomic E-state index is -0.213. The Balaban J connectivity index is 1.50. The molecule has 0 fully saturated rings. The van der Waals surface area contributed by atoms with E-state index in [-0.39, 0.29) is 5.91 Å². The maximum Gasteiger partial charge on any atom is 0.259 e. The SMILES string of the molecule is CCc1c(C(=O)Nc2ccc(OC)c(OCc3cccnc3)c2)cnn1Cc1ccccc1. The first-order valence-corrected chi connectivity index (χ1v) is 10.8. The maximum absolute atomic E-state index is 13.1. The second-order valence-corrected chi connectivity index (χ2v) is 7.47. The zero-order chi connectivity index (χ0) is 23.0. The van der Waals surface area contributed by atoms with Gasteiger partial charge in [0.1, 0.15) is 6.61 Å². The van der Waals surface area contributed by atoms with Crippen LogP contribution in [0.2, 0.25) is 0 Å². The number of nitrogens with one attached hydrogen (secondary N) is 1. The third kappa shape index (κ3) is 5.38. The summed E-state index contributed by atoms with van der Waals surface area (Å²) in [6, 6.07) is 19.2. The molecule has 7 nitrogen and oxygen atoms in total. The van der Waals surface area contributed by atoms with Gasteiger partial charge in [-0.05, 0) is 30.2 Å². The van der Waals surface area contributed by atoms with Gasteiger partial charge in [-0.25, -0.2) is 0 Å². The third-order valence-electron chi connectivity index (χ3n) is 5.24. The van der Waals surface area contributed by atoms with Gasteiger partial charge in [-0.1, -0.05) is 43.3 Å². The number of methoxy groups -OCH3 is 1. The molecule has 0 radical (unpaired) electrons. The molecule has 0 aliphatic heterocycles. The highest BCUT2D eigenvalue weighted by Gasteiger charge is 2.17. The van der Waals surface area contributed by atoms with Gasteiger partial charge in [0, 0.05) is 29.7 Å². The molecule has 1 amide bonds. The van der Waals surface area contributed by atoms with Crippen LogP contribution in [0.3, 0.4) is 0 Å². The highest BCUT2D eigenvalue weighted by molar-refractivity contribution is 6.05. The van der Waals surface area contributed by atoms with Crippen LogP contribution in [0.5, 0.6) is 11.5 Å². The van der Waals surface area contributed by atoms with Crippen LogP contribution >= 0.6 is 0 Å². The van der Waals surface area contributed by atoms with Gasteiger partial charge in [-0.2, -0.15) is 5.10 Å². The van der Waals surface area contributed by atoms with E-state index >= 15 is 0 Å². The van der Waals surface area contributed by atoms with Crippen molar-refractivity contribution in [2.45, 2.75) is 26.5 Å². The van der Waals surface area contributed by atoms with Crippen molar-refractivity contribution >= 4 is 11.6 Å². The first-order valence-electron chi connectivity index (χ1n) is 10.8. The van der Waals surface area contributed by atoms with Crippen LogP contribution in [-0.2, 0) is 19.6 Å². The van der Waals surface area contributed by atoms with E-state index in [1.807, 2.05) is 54.1 Å². The lowest BCUT2D eigenvalue weighted by Gasteiger charge is -2.13. The largest absolute Gasteiger partial charge is 0.493 e. The predicted octanol–water partition coefficient (Wildman–Crippen LogP) is 4.73. The van der Waals surface area contributed by atoms with Gasteiger partial charge < -0.3 is 14.8 Å². The Labute approximate surface area is 193 Å². The van der Waals surface area contributed by atoms with Gasteiger partial charge in [-0.3, -0.25) is 14.5 Å². The van der Waals surface area contributed by atoms with Crippen molar-refractivity contribution in [1.29, 1.82) is 0 Å². The summed E-state index contributed by atoms with van der Waals surface area (Å²) in [6.45, 7) is 2.98. The van der Waals surface area contributed by atoms with Gasteiger partial charge in [0.05, 0.1) is 31.1 Å². The minimum Gasteiger partial charge on any atom is -0.493 e. The Morgan fingerprint density at radius 2 is 1.82 bits per heavy atom. The van der Waals surface area contributed by atoms with Crippen molar-refractivity contribution in [2.75, 3.05) is 12.4 Å². The summed E-state index contributed by atoms with van der Waals surface area (Å²) in [5, 5.41) is 7.42. The molecule has 0 bridgehead atoms. The normalized spacial score (nSPS) is 10.6. The van der Waals surface area contributed by atoms with E-state index in [0.29, 0.717) is 42.3 Å². The number of anilines is 1. The molecule has 2 aromatic carbocycles. The summed E-state index contributed by atoms with van der Waals surface area (Å²) in [4.78, 5) is 17.2. The van der Waals surface area contributed by atoms with Crippen LogP contribution in [0.4, 0.5) is 5.69 Å². The van der Waals surface area contributed by atoms with Gasteiger partial charge in [0.25, 0.3) is 5.91 Å². The Bertz CT molecular complexity index is 1210. The predicted molar refractivity (Wildman–Crippen MR) is 127 cm³/mol. The summed E-state index contributed by atoms with van der Waals surface area (Å²) >= 11 is 0. The summed E-state index contributed by atoms with van der Waals surface area (Å²) in [5.41, 5.74) is 4.13. The highest BCUT2D eigenvalue weighted by Crippen LogP contribution is 2.31. The van der Waals surface area contributed by atoms with Crippen molar-refractivity contribution in [3.05, 3.63) is 102 Å². The highest BCUT2D eigenvalue weighted by atomic mass is 16.5. The third-order valence-corrected chi connectivity index (χ3v) is 5.24. The molecule has 0 saturated heterocycles. The number of hydrogen-bond acceptors (Lipinski definition) is 5. The molecule has 0 unspecified atom stereocenters. The lowest BCUT2D eigenvalue weighted by atomic mass is 10.1. The number of benzene rings is 2. The summed E-state index contributed by atoms with van der Waals surface area (Å²) in [5.74, 6) is 0.908. The second-order valence-electron chi connectivity index (χ2n) is 7.47. The molecule has 7 heteroatoms. The minimum absolute atomic E-state index is 0.213. The Hall–Kier alpha value is -4.13. The number of ether oxygens (including phenoxy) is 2. The van der Waals surface area contributed by atoms with Gasteiger partial charge in [0.2, 0.25) is 0 Å². The second kappa shape index (κ2) is 10.5. The molecule has 2 aromatic heterocycles. The molecule has 0 aliphatic carbocycles. The first-order chi connectivity index (χ1) is 16.2. The summed E-state index contributed by atoms with van der Waals surface area (Å²) < 4.78 is 13.2. The first kappa shape index (κ1) is 22.1. The number of pyridine rings is 1. The zero-order valence-corrected chi connectivity index (χ0v) is 18.7. The molecule has 1 N–H and O–H groups in total. The van der Waals surface area contributed by atoms with Crippen LogP contribution < -0.4 is 14.8 Å². The number of rotatable bonds is 9. The Morgan fingerprint density at radius 3 is 2.55 bits per heavy atom. The molecule has 4 rings (SSSR count). The van der Waals surface area contributed by atoms with E-state index < -0.39 is 0 Å². The van der Waals surface area contributed by atoms with Crippen LogP contribution in [0, 0.1) is 0 Å². The van der Waals surface area contributed by atoms with Gasteiger partial charge in [0.15, 0.2) is 11.5 Å². The molecule has 168 valence electrons. The number of hydrogen-bond donors (Lipinski definition) is 1. The smallest absolute Gasteiger partial charge is 0.259 e. The van der Waals surface area contributed by atoms with Crippen LogP contribution in [0.15, 0.2) is 79.3 Å². The van der Waals surface area contributed by atoms with E-state index in [4.69, 9.17) is 9.47 Å². The lowest BCUT2D eigenvalue weighted by Crippen LogP contribution is -2.15. The van der Waals surface area contributed by atoms with Crippen molar-refractivity contribution in [3.8, 4) is 11.5 Å². The fraction of sp³-hybridized carbons (Fsp3) is 0.192. The molecule has 33 heavy (non-hydrogen) atoms. The van der Waals surface area contributed by atoms with Crippen LogP contribution in [-0.4, -0.2) is 27.8 Å². The van der Waals surface area contributed by atoms with Crippen molar-refractivity contribution in [1.82, 2.24) is 14.8 Å². The van der Waals surface area contributed by atoms with E-state index in [1.165, 1.54) is 0 Å². The van der Waals surface area contributed by atoms with Gasteiger partial charge in [-0.15, -0.1) is 0 Å². The van der Waals surface area contributed by atoms with E-state index in [0.717, 1.165) is 16.8 Å². The molecule has 0 spiro atoms. The molecular formula is C26H26N4O3. The Morgan fingerprint density at radius 1 is 1.00 bits per heavy atom. The summed E-state index contributed by atoms with van der Waals surface area (Å²) in [6.07, 6.45) is 5.78. The number of nitrogens with zero attached hydrogens (tertiary/aromatic N) is 3. The van der Waals surface area contributed by atoms with Crippen molar-refractivity contribution < 1.29 is 14.3 Å². The van der Waals surface area contributed by atoms with Gasteiger partial charge >= 0.3 is 0 Å². The fourth-order valence-corrected chi connectivity index (χ4v) is 3.58. The molecular weight excluding hydrogens is 416 g/mol. The average Bonchev–Trinajstić information content (AvgIpc) is 3.26. The standard InChI is InChI=1S/C26H26N4O3/c1-3-23-22(16-28-30(23)17-19-8-5-4-6-9-19)26(31)29-21-11-12-24(32-2)25(14-21)33-18-20-10-7-13-27-15-20/h4-16H,3,17-18H2,1-2H3,(H,29,31). The van der Waals surface area contributed by atoms with E-state index in [2.05, 4.69) is 15.4 Å². The quantitative estimate of drug-likeness (QED) is 0.406. The monoisotopic (exact) mass is 442 g/mol. The summed E-state index contributed by atoms with van der Waals surface area (Å²) in [7, 11) is 1.58. The maximum atomic E-state index is 13.1. The fourth-order valence-electron chi connectivity index (χ4n) is 3.58. The van der Waals surface area contributed by atoms with Crippen molar-refractivity contribution in [3.63, 3.8) is 0 Å². The van der Waals surface area contributed by atoms with E-state index in [1.54, 1.807) is 43.9 Å². The lowest BCUT2D eigenvalue weighted by molar-refractivity contribution is 0.102. The molecule has 0 saturated carbocycles. The van der Waals surface area contributed by atoms with Crippen molar-refractivity contribution in [2.24, 2.45) is 0 Å². The van der Waals surface area contributed by atoms with E-state index in [9.17, 15) is 4.79 Å².